The fraction of sp³-hybridized carbons (Fsp3) is 0.647. The Morgan fingerprint density at radius 1 is 1.18 bits per heavy atom. The molecule has 2 fully saturated rings. The molecule has 5 nitrogen and oxygen atoms in total. The highest BCUT2D eigenvalue weighted by Gasteiger charge is 2.27. The summed E-state index contributed by atoms with van der Waals surface area (Å²) in [4.78, 5) is 13.6. The summed E-state index contributed by atoms with van der Waals surface area (Å²) in [7, 11) is 0. The maximum atomic E-state index is 9.52. The quantitative estimate of drug-likeness (QED) is 0.929. The van der Waals surface area contributed by atoms with E-state index in [1.54, 1.807) is 19.3 Å². The monoisotopic (exact) mass is 302 g/mol. The molecule has 0 radical (unpaired) electrons. The first-order chi connectivity index (χ1) is 10.6. The summed E-state index contributed by atoms with van der Waals surface area (Å²) in [5, 5.41) is 9.52. The topological polar surface area (TPSA) is 52.5 Å². The van der Waals surface area contributed by atoms with Crippen molar-refractivity contribution in [2.24, 2.45) is 0 Å². The average Bonchev–Trinajstić information content (AvgIpc) is 2.56. The van der Waals surface area contributed by atoms with Crippen LogP contribution in [0.1, 0.15) is 50.7 Å². The summed E-state index contributed by atoms with van der Waals surface area (Å²) >= 11 is 0. The van der Waals surface area contributed by atoms with Gasteiger partial charge < -0.3 is 14.9 Å². The van der Waals surface area contributed by atoms with Crippen LogP contribution in [0, 0.1) is 0 Å². The number of aliphatic hydroxyl groups is 1. The van der Waals surface area contributed by atoms with Crippen LogP contribution in [0.3, 0.4) is 0 Å². The zero-order valence-electron chi connectivity index (χ0n) is 13.4. The molecule has 0 bridgehead atoms. The van der Waals surface area contributed by atoms with Crippen LogP contribution in [0.2, 0.25) is 0 Å². The third kappa shape index (κ3) is 3.24. The Kier molecular flexibility index (Phi) is 4.62. The first-order valence-corrected chi connectivity index (χ1v) is 8.34. The maximum absolute atomic E-state index is 9.52. The van der Waals surface area contributed by atoms with Gasteiger partial charge >= 0.3 is 0 Å². The minimum atomic E-state index is -0.509. The Balaban J connectivity index is 1.58. The fourth-order valence-corrected chi connectivity index (χ4v) is 3.44. The lowest BCUT2D eigenvalue weighted by atomic mass is 9.98. The number of hydrogen-bond acceptors (Lipinski definition) is 5. The zero-order valence-corrected chi connectivity index (χ0v) is 13.4. The molecule has 3 heterocycles. The zero-order chi connectivity index (χ0) is 15.5. The summed E-state index contributed by atoms with van der Waals surface area (Å²) in [5.41, 5.74) is 2.09. The van der Waals surface area contributed by atoms with Gasteiger partial charge in [0.15, 0.2) is 0 Å². The van der Waals surface area contributed by atoms with E-state index >= 15 is 0 Å². The predicted octanol–water partition coefficient (Wildman–Crippen LogP) is 2.50. The van der Waals surface area contributed by atoms with Crippen molar-refractivity contribution in [1.82, 2.24) is 14.9 Å². The van der Waals surface area contributed by atoms with E-state index in [0.29, 0.717) is 6.04 Å². The van der Waals surface area contributed by atoms with E-state index in [4.69, 9.17) is 0 Å². The molecule has 120 valence electrons. The first kappa shape index (κ1) is 15.3. The second kappa shape index (κ2) is 6.65. The van der Waals surface area contributed by atoms with Gasteiger partial charge in [-0.15, -0.1) is 0 Å². The number of aromatic nitrogens is 2. The van der Waals surface area contributed by atoms with Gasteiger partial charge in [-0.25, -0.2) is 9.97 Å². The van der Waals surface area contributed by atoms with Gasteiger partial charge in [-0.2, -0.15) is 0 Å². The molecule has 0 aromatic carbocycles. The first-order valence-electron chi connectivity index (χ1n) is 8.34. The number of allylic oxidation sites excluding steroid dienone is 1. The van der Waals surface area contributed by atoms with Crippen LogP contribution in [-0.4, -0.2) is 45.7 Å². The van der Waals surface area contributed by atoms with E-state index in [9.17, 15) is 5.11 Å². The van der Waals surface area contributed by atoms with E-state index in [0.717, 1.165) is 43.9 Å². The number of rotatable bonds is 3. The SMILES string of the molecule is C=C1CCCCN1C1CCN(c2ncc(C(C)O)cn2)CC1. The Morgan fingerprint density at radius 3 is 2.45 bits per heavy atom. The molecule has 0 spiro atoms. The summed E-state index contributed by atoms with van der Waals surface area (Å²) < 4.78 is 0. The number of aliphatic hydroxyl groups excluding tert-OH is 1. The molecular weight excluding hydrogens is 276 g/mol. The van der Waals surface area contributed by atoms with E-state index in [2.05, 4.69) is 26.3 Å². The Morgan fingerprint density at radius 2 is 1.86 bits per heavy atom. The third-order valence-electron chi connectivity index (χ3n) is 4.85. The molecule has 1 aromatic heterocycles. The smallest absolute Gasteiger partial charge is 0.225 e. The van der Waals surface area contributed by atoms with Crippen LogP contribution in [-0.2, 0) is 0 Å². The van der Waals surface area contributed by atoms with Crippen LogP contribution >= 0.6 is 0 Å². The van der Waals surface area contributed by atoms with Gasteiger partial charge in [0.2, 0.25) is 5.95 Å². The predicted molar refractivity (Wildman–Crippen MR) is 87.6 cm³/mol. The van der Waals surface area contributed by atoms with Crippen LogP contribution < -0.4 is 4.90 Å². The van der Waals surface area contributed by atoms with Gasteiger partial charge in [-0.3, -0.25) is 0 Å². The molecule has 5 heteroatoms. The summed E-state index contributed by atoms with van der Waals surface area (Å²) in [5.74, 6) is 0.778. The normalized spacial score (nSPS) is 22.0. The molecule has 2 aliphatic heterocycles. The highest BCUT2D eigenvalue weighted by atomic mass is 16.3. The lowest BCUT2D eigenvalue weighted by Gasteiger charge is -2.42. The lowest BCUT2D eigenvalue weighted by molar-refractivity contribution is 0.187. The standard InChI is InChI=1S/C17H26N4O/c1-13-5-3-4-8-21(13)16-6-9-20(10-7-16)17-18-11-15(12-19-17)14(2)22/h11-12,14,16,22H,1,3-10H2,2H3. The van der Waals surface area contributed by atoms with Crippen molar-refractivity contribution in [2.75, 3.05) is 24.5 Å². The van der Waals surface area contributed by atoms with E-state index in [1.165, 1.54) is 25.1 Å². The van der Waals surface area contributed by atoms with Gasteiger partial charge in [-0.1, -0.05) is 6.58 Å². The molecule has 0 saturated carbocycles. The fourth-order valence-electron chi connectivity index (χ4n) is 3.44. The van der Waals surface area contributed by atoms with E-state index < -0.39 is 6.10 Å². The molecule has 1 unspecified atom stereocenters. The highest BCUT2D eigenvalue weighted by Crippen LogP contribution is 2.27. The van der Waals surface area contributed by atoms with E-state index in [1.807, 2.05) is 0 Å². The minimum absolute atomic E-state index is 0.509. The summed E-state index contributed by atoms with van der Waals surface area (Å²) in [6.45, 7) is 9.12. The number of piperidine rings is 2. The summed E-state index contributed by atoms with van der Waals surface area (Å²) in [6, 6.07) is 0.626. The van der Waals surface area contributed by atoms with Crippen LogP contribution in [0.4, 0.5) is 5.95 Å². The maximum Gasteiger partial charge on any atom is 0.225 e. The molecule has 1 N–H and O–H groups in total. The summed E-state index contributed by atoms with van der Waals surface area (Å²) in [6.07, 6.45) is 8.97. The van der Waals surface area contributed by atoms with Crippen molar-refractivity contribution in [2.45, 2.75) is 51.2 Å². The highest BCUT2D eigenvalue weighted by molar-refractivity contribution is 5.31. The van der Waals surface area contributed by atoms with Crippen molar-refractivity contribution >= 4 is 5.95 Å². The van der Waals surface area contributed by atoms with Gasteiger partial charge in [0.05, 0.1) is 6.10 Å². The largest absolute Gasteiger partial charge is 0.389 e. The molecule has 0 amide bonds. The van der Waals surface area contributed by atoms with Crippen molar-refractivity contribution < 1.29 is 5.11 Å². The number of likely N-dealkylation sites (tertiary alicyclic amines) is 1. The number of anilines is 1. The molecule has 1 atom stereocenters. The van der Waals surface area contributed by atoms with Gasteiger partial charge in [-0.05, 0) is 39.0 Å². The van der Waals surface area contributed by atoms with Gasteiger partial charge in [0.25, 0.3) is 0 Å². The molecule has 22 heavy (non-hydrogen) atoms. The lowest BCUT2D eigenvalue weighted by Crippen LogP contribution is -2.46. The van der Waals surface area contributed by atoms with Crippen LogP contribution in [0.5, 0.6) is 0 Å². The number of nitrogens with zero attached hydrogens (tertiary/aromatic N) is 4. The third-order valence-corrected chi connectivity index (χ3v) is 4.85. The second-order valence-corrected chi connectivity index (χ2v) is 6.43. The van der Waals surface area contributed by atoms with Crippen molar-refractivity contribution in [3.05, 3.63) is 30.2 Å². The Labute approximate surface area is 132 Å². The minimum Gasteiger partial charge on any atom is -0.389 e. The van der Waals surface area contributed by atoms with Crippen LogP contribution in [0.25, 0.3) is 0 Å². The molecule has 2 saturated heterocycles. The molecule has 0 aliphatic carbocycles. The van der Waals surface area contributed by atoms with Crippen molar-refractivity contribution in [3.63, 3.8) is 0 Å². The van der Waals surface area contributed by atoms with Gasteiger partial charge in [0.1, 0.15) is 0 Å². The Bertz CT molecular complexity index is 506. The number of hydrogen-bond donors (Lipinski definition) is 1. The molecule has 1 aromatic rings. The van der Waals surface area contributed by atoms with E-state index in [-0.39, 0.29) is 0 Å². The second-order valence-electron chi connectivity index (χ2n) is 6.43. The molecule has 2 aliphatic rings. The average molecular weight is 302 g/mol. The van der Waals surface area contributed by atoms with Crippen molar-refractivity contribution in [1.29, 1.82) is 0 Å². The Hall–Kier alpha value is -1.62. The molecule has 3 rings (SSSR count). The van der Waals surface area contributed by atoms with Crippen LogP contribution in [0.15, 0.2) is 24.7 Å². The molecular formula is C17H26N4O. The van der Waals surface area contributed by atoms with Crippen molar-refractivity contribution in [3.8, 4) is 0 Å². The van der Waals surface area contributed by atoms with Gasteiger partial charge in [0, 0.05) is 49.3 Å².